The summed E-state index contributed by atoms with van der Waals surface area (Å²) in [5.74, 6) is 0.180. The molecule has 0 aromatic heterocycles. The maximum Gasteiger partial charge on any atom is 0.233 e. The molecule has 6 heteroatoms. The van der Waals surface area contributed by atoms with E-state index in [1.807, 2.05) is 0 Å². The summed E-state index contributed by atoms with van der Waals surface area (Å²) < 4.78 is 30.8. The van der Waals surface area contributed by atoms with E-state index in [2.05, 4.69) is 4.72 Å². The molecule has 96 valence electrons. The molecule has 1 aromatic rings. The Morgan fingerprint density at radius 1 is 1.47 bits per heavy atom. The molecule has 0 bridgehead atoms. The van der Waals surface area contributed by atoms with Crippen molar-refractivity contribution in [3.05, 3.63) is 24.3 Å². The van der Waals surface area contributed by atoms with E-state index in [1.54, 1.807) is 31.2 Å². The van der Waals surface area contributed by atoms with Crippen LogP contribution in [0.4, 0.5) is 5.69 Å². The second-order valence-corrected chi connectivity index (χ2v) is 5.67. The fourth-order valence-electron chi connectivity index (χ4n) is 1.34. The molecule has 0 saturated carbocycles. The Hall–Kier alpha value is -1.27. The highest BCUT2D eigenvalue weighted by Gasteiger charge is 2.15. The summed E-state index contributed by atoms with van der Waals surface area (Å²) >= 11 is 0. The van der Waals surface area contributed by atoms with Gasteiger partial charge in [-0.2, -0.15) is 0 Å². The van der Waals surface area contributed by atoms with Gasteiger partial charge in [0.15, 0.2) is 0 Å². The minimum absolute atomic E-state index is 0.110. The summed E-state index contributed by atoms with van der Waals surface area (Å²) in [6.45, 7) is 1.52. The molecule has 1 unspecified atom stereocenters. The van der Waals surface area contributed by atoms with Gasteiger partial charge in [-0.1, -0.05) is 13.0 Å². The third-order valence-corrected chi connectivity index (χ3v) is 3.71. The summed E-state index contributed by atoms with van der Waals surface area (Å²) in [6, 6.07) is 6.67. The van der Waals surface area contributed by atoms with Gasteiger partial charge in [-0.05, 0) is 18.1 Å². The number of hydrogen-bond acceptors (Lipinski definition) is 4. The quantitative estimate of drug-likeness (QED) is 0.801. The number of sulfonamides is 1. The standard InChI is InChI=1S/C11H17NO4S/c1-9(7-13)8-17(14,15)12-10-4-3-5-11(6-10)16-2/h3-6,9,12-13H,7-8H2,1-2H3. The number of aliphatic hydroxyl groups is 1. The number of nitrogens with one attached hydrogen (secondary N) is 1. The number of methoxy groups -OCH3 is 1. The molecule has 2 N–H and O–H groups in total. The molecule has 0 aliphatic heterocycles. The molecule has 0 radical (unpaired) electrons. The molecule has 0 spiro atoms. The van der Waals surface area contributed by atoms with Gasteiger partial charge in [0.05, 0.1) is 18.6 Å². The zero-order valence-corrected chi connectivity index (χ0v) is 10.7. The van der Waals surface area contributed by atoms with E-state index in [0.29, 0.717) is 11.4 Å². The largest absolute Gasteiger partial charge is 0.497 e. The van der Waals surface area contributed by atoms with Crippen molar-refractivity contribution in [3.8, 4) is 5.75 Å². The Balaban J connectivity index is 2.75. The molecule has 0 saturated heterocycles. The lowest BCUT2D eigenvalue weighted by molar-refractivity contribution is 0.249. The molecule has 5 nitrogen and oxygen atoms in total. The predicted octanol–water partition coefficient (Wildman–Crippen LogP) is 1.07. The average molecular weight is 259 g/mol. The van der Waals surface area contributed by atoms with E-state index in [4.69, 9.17) is 9.84 Å². The van der Waals surface area contributed by atoms with Crippen molar-refractivity contribution in [1.29, 1.82) is 0 Å². The number of anilines is 1. The Morgan fingerprint density at radius 3 is 2.76 bits per heavy atom. The Bertz CT molecular complexity index is 458. The van der Waals surface area contributed by atoms with Gasteiger partial charge in [0.2, 0.25) is 10.0 Å². The first-order valence-electron chi connectivity index (χ1n) is 5.22. The van der Waals surface area contributed by atoms with E-state index >= 15 is 0 Å². The number of hydrogen-bond donors (Lipinski definition) is 2. The maximum atomic E-state index is 11.7. The first kappa shape index (κ1) is 13.8. The van der Waals surface area contributed by atoms with Crippen molar-refractivity contribution in [2.75, 3.05) is 24.2 Å². The summed E-state index contributed by atoms with van der Waals surface area (Å²) in [6.07, 6.45) is 0. The van der Waals surface area contributed by atoms with Crippen LogP contribution in [0, 0.1) is 5.92 Å². The van der Waals surface area contributed by atoms with E-state index in [9.17, 15) is 8.42 Å². The number of benzene rings is 1. The van der Waals surface area contributed by atoms with Gasteiger partial charge < -0.3 is 9.84 Å². The summed E-state index contributed by atoms with van der Waals surface area (Å²) in [5.41, 5.74) is 0.453. The topological polar surface area (TPSA) is 75.6 Å². The van der Waals surface area contributed by atoms with Crippen LogP contribution in [0.2, 0.25) is 0 Å². The normalized spacial score (nSPS) is 13.1. The van der Waals surface area contributed by atoms with Crippen LogP contribution in [0.3, 0.4) is 0 Å². The van der Waals surface area contributed by atoms with Crippen LogP contribution >= 0.6 is 0 Å². The average Bonchev–Trinajstić information content (AvgIpc) is 2.27. The second-order valence-electron chi connectivity index (χ2n) is 3.90. The van der Waals surface area contributed by atoms with E-state index in [-0.39, 0.29) is 18.3 Å². The van der Waals surface area contributed by atoms with E-state index < -0.39 is 10.0 Å². The van der Waals surface area contributed by atoms with Gasteiger partial charge in [-0.15, -0.1) is 0 Å². The molecule has 0 amide bonds. The summed E-state index contributed by atoms with van der Waals surface area (Å²) in [7, 11) is -1.92. The van der Waals surface area contributed by atoms with Crippen molar-refractivity contribution in [3.63, 3.8) is 0 Å². The number of aliphatic hydroxyl groups excluding tert-OH is 1. The van der Waals surface area contributed by atoms with Crippen molar-refractivity contribution in [2.24, 2.45) is 5.92 Å². The van der Waals surface area contributed by atoms with Crippen LogP contribution < -0.4 is 9.46 Å². The highest BCUT2D eigenvalue weighted by atomic mass is 32.2. The van der Waals surface area contributed by atoms with E-state index in [1.165, 1.54) is 7.11 Å². The minimum Gasteiger partial charge on any atom is -0.497 e. The molecule has 0 aliphatic rings. The highest BCUT2D eigenvalue weighted by molar-refractivity contribution is 7.92. The van der Waals surface area contributed by atoms with E-state index in [0.717, 1.165) is 0 Å². The number of rotatable bonds is 6. The fourth-order valence-corrected chi connectivity index (χ4v) is 2.76. The van der Waals surface area contributed by atoms with Crippen LogP contribution in [-0.2, 0) is 10.0 Å². The molecule has 1 atom stereocenters. The lowest BCUT2D eigenvalue weighted by atomic mass is 10.2. The SMILES string of the molecule is COc1cccc(NS(=O)(=O)CC(C)CO)c1. The van der Waals surface area contributed by atoms with Crippen LogP contribution in [0.1, 0.15) is 6.92 Å². The monoisotopic (exact) mass is 259 g/mol. The molecule has 0 fully saturated rings. The van der Waals surface area contributed by atoms with Crippen LogP contribution in [0.25, 0.3) is 0 Å². The van der Waals surface area contributed by atoms with Crippen molar-refractivity contribution in [1.82, 2.24) is 0 Å². The van der Waals surface area contributed by atoms with Gasteiger partial charge in [0.25, 0.3) is 0 Å². The lowest BCUT2D eigenvalue weighted by Crippen LogP contribution is -2.23. The Kier molecular flexibility index (Phi) is 4.77. The second kappa shape index (κ2) is 5.88. The van der Waals surface area contributed by atoms with Gasteiger partial charge in [-0.3, -0.25) is 4.72 Å². The van der Waals surface area contributed by atoms with Crippen LogP contribution in [0.5, 0.6) is 5.75 Å². The molecule has 1 aromatic carbocycles. The first-order chi connectivity index (χ1) is 7.96. The smallest absolute Gasteiger partial charge is 0.233 e. The molecule has 17 heavy (non-hydrogen) atoms. The first-order valence-corrected chi connectivity index (χ1v) is 6.87. The summed E-state index contributed by atoms with van der Waals surface area (Å²) in [4.78, 5) is 0. The molecular weight excluding hydrogens is 242 g/mol. The highest BCUT2D eigenvalue weighted by Crippen LogP contribution is 2.18. The third-order valence-electron chi connectivity index (χ3n) is 2.16. The Morgan fingerprint density at radius 2 is 2.18 bits per heavy atom. The van der Waals surface area contributed by atoms with Crippen LogP contribution in [0.15, 0.2) is 24.3 Å². The lowest BCUT2D eigenvalue weighted by Gasteiger charge is -2.11. The predicted molar refractivity (Wildman–Crippen MR) is 66.7 cm³/mol. The molecule has 0 heterocycles. The molecular formula is C11H17NO4S. The zero-order chi connectivity index (χ0) is 12.9. The van der Waals surface area contributed by atoms with Gasteiger partial charge in [-0.25, -0.2) is 8.42 Å². The van der Waals surface area contributed by atoms with Crippen molar-refractivity contribution < 1.29 is 18.3 Å². The van der Waals surface area contributed by atoms with Gasteiger partial charge in [0.1, 0.15) is 5.75 Å². The van der Waals surface area contributed by atoms with Gasteiger partial charge >= 0.3 is 0 Å². The third kappa shape index (κ3) is 4.62. The summed E-state index contributed by atoms with van der Waals surface area (Å²) in [5, 5.41) is 8.83. The maximum absolute atomic E-state index is 11.7. The van der Waals surface area contributed by atoms with Gasteiger partial charge in [0, 0.05) is 12.7 Å². The zero-order valence-electron chi connectivity index (χ0n) is 9.88. The van der Waals surface area contributed by atoms with Crippen LogP contribution in [-0.4, -0.2) is 33.0 Å². The Labute approximate surface area is 101 Å². The van der Waals surface area contributed by atoms with Crippen molar-refractivity contribution in [2.45, 2.75) is 6.92 Å². The molecule has 1 rings (SSSR count). The minimum atomic E-state index is -3.44. The number of ether oxygens (including phenoxy) is 1. The fraction of sp³-hybridized carbons (Fsp3) is 0.455. The van der Waals surface area contributed by atoms with Crippen molar-refractivity contribution >= 4 is 15.7 Å². The molecule has 0 aliphatic carbocycles.